The second-order valence-corrected chi connectivity index (χ2v) is 4.81. The van der Waals surface area contributed by atoms with Crippen LogP contribution in [0.2, 0.25) is 0 Å². The number of aliphatic carboxylic acids is 1. The summed E-state index contributed by atoms with van der Waals surface area (Å²) in [5.41, 5.74) is 4.31. The van der Waals surface area contributed by atoms with Crippen LogP contribution in [0.25, 0.3) is 0 Å². The van der Waals surface area contributed by atoms with Crippen LogP contribution in [0.4, 0.5) is 4.79 Å². The number of hydrogen-bond donors (Lipinski definition) is 3. The molecule has 0 heterocycles. The van der Waals surface area contributed by atoms with Gasteiger partial charge in [0, 0.05) is 7.05 Å². The lowest BCUT2D eigenvalue weighted by atomic mass is 9.93. The number of primary amides is 1. The lowest BCUT2D eigenvalue weighted by Crippen LogP contribution is -2.53. The summed E-state index contributed by atoms with van der Waals surface area (Å²) in [6, 6.07) is -0.461. The second kappa shape index (κ2) is 5.70. The summed E-state index contributed by atoms with van der Waals surface area (Å²) in [5.74, 6) is -1.54. The zero-order valence-electron chi connectivity index (χ0n) is 10.4. The molecule has 1 aliphatic carbocycles. The zero-order chi connectivity index (χ0) is 13.8. The minimum atomic E-state index is -0.935. The Kier molecular flexibility index (Phi) is 4.52. The Bertz CT molecular complexity index is 350. The molecule has 0 atom stereocenters. The molecule has 1 saturated carbocycles. The molecule has 0 radical (unpaired) electrons. The molecule has 0 aliphatic heterocycles. The maximum Gasteiger partial charge on any atom is 0.318 e. The van der Waals surface area contributed by atoms with Gasteiger partial charge in [0.05, 0.1) is 12.0 Å². The molecule has 1 aliphatic rings. The minimum Gasteiger partial charge on any atom is -0.481 e. The summed E-state index contributed by atoms with van der Waals surface area (Å²) >= 11 is 0. The van der Waals surface area contributed by atoms with Gasteiger partial charge in [0.15, 0.2) is 0 Å². The largest absolute Gasteiger partial charge is 0.481 e. The quantitative estimate of drug-likeness (QED) is 0.638. The van der Waals surface area contributed by atoms with Crippen LogP contribution in [0.15, 0.2) is 0 Å². The third-order valence-electron chi connectivity index (χ3n) is 3.16. The maximum absolute atomic E-state index is 11.8. The fraction of sp³-hybridized carbons (Fsp3) is 0.727. The monoisotopic (exact) mass is 257 g/mol. The summed E-state index contributed by atoms with van der Waals surface area (Å²) in [5, 5.41) is 11.6. The van der Waals surface area contributed by atoms with Crippen LogP contribution in [-0.4, -0.2) is 47.0 Å². The van der Waals surface area contributed by atoms with E-state index in [9.17, 15) is 14.4 Å². The van der Waals surface area contributed by atoms with Gasteiger partial charge in [0.25, 0.3) is 0 Å². The standard InChI is InChI=1S/C11H19N3O4/c1-14(7-8(12)15)10(18)13-11(6-9(16)17)4-2-3-5-11/h2-7H2,1H3,(H2,12,15)(H,13,18)(H,16,17). The average Bonchev–Trinajstić information content (AvgIpc) is 2.63. The number of nitrogens with two attached hydrogens (primary N) is 1. The minimum absolute atomic E-state index is 0.0941. The van der Waals surface area contributed by atoms with Gasteiger partial charge in [-0.15, -0.1) is 0 Å². The highest BCUT2D eigenvalue weighted by molar-refractivity contribution is 5.83. The van der Waals surface area contributed by atoms with Crippen LogP contribution in [0.5, 0.6) is 0 Å². The third-order valence-corrected chi connectivity index (χ3v) is 3.16. The average molecular weight is 257 g/mol. The van der Waals surface area contributed by atoms with Crippen LogP contribution >= 0.6 is 0 Å². The van der Waals surface area contributed by atoms with Crippen molar-refractivity contribution in [2.24, 2.45) is 5.73 Å². The van der Waals surface area contributed by atoms with Crippen LogP contribution in [0, 0.1) is 0 Å². The molecule has 4 N–H and O–H groups in total. The highest BCUT2D eigenvalue weighted by Crippen LogP contribution is 2.32. The van der Waals surface area contributed by atoms with Crippen molar-refractivity contribution in [1.29, 1.82) is 0 Å². The van der Waals surface area contributed by atoms with Crippen molar-refractivity contribution in [1.82, 2.24) is 10.2 Å². The van der Waals surface area contributed by atoms with Crippen LogP contribution < -0.4 is 11.1 Å². The van der Waals surface area contributed by atoms with Crippen molar-refractivity contribution in [3.05, 3.63) is 0 Å². The first-order chi connectivity index (χ1) is 8.34. The molecule has 102 valence electrons. The molecule has 0 aromatic carbocycles. The molecule has 0 aromatic rings. The predicted molar refractivity (Wildman–Crippen MR) is 63.8 cm³/mol. The molecule has 18 heavy (non-hydrogen) atoms. The summed E-state index contributed by atoms with van der Waals surface area (Å²) in [7, 11) is 1.45. The smallest absolute Gasteiger partial charge is 0.318 e. The van der Waals surface area contributed by atoms with Crippen molar-refractivity contribution in [3.63, 3.8) is 0 Å². The number of nitrogens with zero attached hydrogens (tertiary/aromatic N) is 1. The molecular weight excluding hydrogens is 238 g/mol. The highest BCUT2D eigenvalue weighted by Gasteiger charge is 2.38. The Morgan fingerprint density at radius 2 is 1.89 bits per heavy atom. The van der Waals surface area contributed by atoms with E-state index in [2.05, 4.69) is 5.32 Å². The number of urea groups is 1. The molecule has 7 nitrogen and oxygen atoms in total. The van der Waals surface area contributed by atoms with E-state index in [1.54, 1.807) is 0 Å². The number of amides is 3. The van der Waals surface area contributed by atoms with Gasteiger partial charge in [0.1, 0.15) is 6.54 Å². The molecule has 0 spiro atoms. The molecule has 1 rings (SSSR count). The van der Waals surface area contributed by atoms with Gasteiger partial charge in [-0.05, 0) is 12.8 Å². The maximum atomic E-state index is 11.8. The van der Waals surface area contributed by atoms with E-state index in [4.69, 9.17) is 10.8 Å². The van der Waals surface area contributed by atoms with E-state index in [-0.39, 0.29) is 13.0 Å². The van der Waals surface area contributed by atoms with Crippen LogP contribution in [0.1, 0.15) is 32.1 Å². The number of hydrogen-bond acceptors (Lipinski definition) is 3. The van der Waals surface area contributed by atoms with Gasteiger partial charge in [-0.3, -0.25) is 9.59 Å². The summed E-state index contributed by atoms with van der Waals surface area (Å²) in [4.78, 5) is 34.6. The molecule has 1 fully saturated rings. The fourth-order valence-corrected chi connectivity index (χ4v) is 2.32. The van der Waals surface area contributed by atoms with Gasteiger partial charge in [-0.2, -0.15) is 0 Å². The number of carbonyl (C=O) groups excluding carboxylic acids is 2. The lowest BCUT2D eigenvalue weighted by molar-refractivity contribution is -0.138. The first-order valence-corrected chi connectivity index (χ1v) is 5.88. The molecule has 0 aromatic heterocycles. The number of carboxylic acids is 1. The van der Waals surface area contributed by atoms with Crippen molar-refractivity contribution in [3.8, 4) is 0 Å². The molecule has 7 heteroatoms. The lowest BCUT2D eigenvalue weighted by Gasteiger charge is -2.30. The van der Waals surface area contributed by atoms with Gasteiger partial charge in [0.2, 0.25) is 5.91 Å². The molecule has 0 bridgehead atoms. The Morgan fingerprint density at radius 1 is 1.33 bits per heavy atom. The van der Waals surface area contributed by atoms with Gasteiger partial charge >= 0.3 is 12.0 Å². The SMILES string of the molecule is CN(CC(N)=O)C(=O)NC1(CC(=O)O)CCCC1. The number of nitrogens with one attached hydrogen (secondary N) is 1. The number of rotatable bonds is 5. The second-order valence-electron chi connectivity index (χ2n) is 4.81. The molecule has 0 saturated heterocycles. The fourth-order valence-electron chi connectivity index (χ4n) is 2.32. The number of carbonyl (C=O) groups is 3. The topological polar surface area (TPSA) is 113 Å². The predicted octanol–water partition coefficient (Wildman–Crippen LogP) is -0.0994. The van der Waals surface area contributed by atoms with E-state index >= 15 is 0 Å². The first-order valence-electron chi connectivity index (χ1n) is 5.88. The Labute approximate surface area is 105 Å². The van der Waals surface area contributed by atoms with Gasteiger partial charge < -0.3 is 21.1 Å². The normalized spacial score (nSPS) is 17.2. The molecule has 3 amide bonds. The zero-order valence-corrected chi connectivity index (χ0v) is 10.4. The summed E-state index contributed by atoms with van der Waals surface area (Å²) in [6.07, 6.45) is 2.99. The van der Waals surface area contributed by atoms with Crippen LogP contribution in [-0.2, 0) is 9.59 Å². The Hall–Kier alpha value is -1.79. The highest BCUT2D eigenvalue weighted by atomic mass is 16.4. The van der Waals surface area contributed by atoms with Gasteiger partial charge in [-0.25, -0.2) is 4.79 Å². The van der Waals surface area contributed by atoms with E-state index in [1.807, 2.05) is 0 Å². The van der Waals surface area contributed by atoms with Gasteiger partial charge in [-0.1, -0.05) is 12.8 Å². The molecular formula is C11H19N3O4. The summed E-state index contributed by atoms with van der Waals surface area (Å²) < 4.78 is 0. The van der Waals surface area contributed by atoms with E-state index in [0.717, 1.165) is 17.7 Å². The van der Waals surface area contributed by atoms with Crippen LogP contribution in [0.3, 0.4) is 0 Å². The Balaban J connectivity index is 2.63. The van der Waals surface area contributed by atoms with Crippen molar-refractivity contribution in [2.45, 2.75) is 37.6 Å². The van der Waals surface area contributed by atoms with Crippen molar-refractivity contribution in [2.75, 3.05) is 13.6 Å². The van der Waals surface area contributed by atoms with E-state index < -0.39 is 23.4 Å². The first kappa shape index (κ1) is 14.3. The summed E-state index contributed by atoms with van der Waals surface area (Å²) in [6.45, 7) is -0.186. The number of carboxylic acid groups (broad SMARTS) is 1. The van der Waals surface area contributed by atoms with E-state index in [1.165, 1.54) is 7.05 Å². The van der Waals surface area contributed by atoms with E-state index in [0.29, 0.717) is 12.8 Å². The molecule has 0 unspecified atom stereocenters. The van der Waals surface area contributed by atoms with Crippen molar-refractivity contribution < 1.29 is 19.5 Å². The number of likely N-dealkylation sites (N-methyl/N-ethyl adjacent to an activating group) is 1. The van der Waals surface area contributed by atoms with Crippen molar-refractivity contribution >= 4 is 17.9 Å². The Morgan fingerprint density at radius 3 is 2.33 bits per heavy atom. The third kappa shape index (κ3) is 3.90.